The fourth-order valence-corrected chi connectivity index (χ4v) is 2.24. The molecular formula is C15H29N3O3. The van der Waals surface area contributed by atoms with Crippen LogP contribution in [0.4, 0.5) is 4.79 Å². The molecule has 1 fully saturated rings. The Hall–Kier alpha value is -1.30. The van der Waals surface area contributed by atoms with Crippen molar-refractivity contribution in [3.05, 3.63) is 0 Å². The van der Waals surface area contributed by atoms with Gasteiger partial charge in [0.2, 0.25) is 5.91 Å². The number of carbonyl (C=O) groups excluding carboxylic acids is 2. The van der Waals surface area contributed by atoms with Crippen LogP contribution in [0.25, 0.3) is 0 Å². The van der Waals surface area contributed by atoms with E-state index >= 15 is 0 Å². The Balaban J connectivity index is 2.35. The zero-order valence-corrected chi connectivity index (χ0v) is 13.8. The Labute approximate surface area is 127 Å². The van der Waals surface area contributed by atoms with Gasteiger partial charge in [-0.05, 0) is 39.0 Å². The average Bonchev–Trinajstić information content (AvgIpc) is 2.81. The molecule has 0 saturated carbocycles. The summed E-state index contributed by atoms with van der Waals surface area (Å²) in [5, 5.41) is 2.76. The largest absolute Gasteiger partial charge is 0.444 e. The molecule has 1 heterocycles. The number of alkyl carbamates (subject to hydrolysis) is 1. The smallest absolute Gasteiger partial charge is 0.407 e. The van der Waals surface area contributed by atoms with E-state index in [-0.39, 0.29) is 17.7 Å². The lowest BCUT2D eigenvalue weighted by Crippen LogP contribution is -2.46. The number of ether oxygens (including phenoxy) is 1. The monoisotopic (exact) mass is 299 g/mol. The molecule has 1 aliphatic rings. The van der Waals surface area contributed by atoms with Gasteiger partial charge in [0.1, 0.15) is 5.60 Å². The van der Waals surface area contributed by atoms with Crippen LogP contribution < -0.4 is 11.1 Å². The van der Waals surface area contributed by atoms with Crippen LogP contribution in [0, 0.1) is 11.8 Å². The summed E-state index contributed by atoms with van der Waals surface area (Å²) in [6, 6.07) is -0.442. The molecule has 1 aliphatic heterocycles. The van der Waals surface area contributed by atoms with Gasteiger partial charge < -0.3 is 20.7 Å². The normalized spacial score (nSPS) is 20.5. The van der Waals surface area contributed by atoms with E-state index < -0.39 is 17.7 Å². The third kappa shape index (κ3) is 5.91. The fourth-order valence-electron chi connectivity index (χ4n) is 2.24. The molecule has 0 radical (unpaired) electrons. The molecule has 21 heavy (non-hydrogen) atoms. The van der Waals surface area contributed by atoms with Gasteiger partial charge in [0.05, 0.1) is 6.04 Å². The summed E-state index contributed by atoms with van der Waals surface area (Å²) in [5.74, 6) is 0.405. The van der Waals surface area contributed by atoms with Gasteiger partial charge in [-0.2, -0.15) is 0 Å². The van der Waals surface area contributed by atoms with Crippen LogP contribution in [0.5, 0.6) is 0 Å². The van der Waals surface area contributed by atoms with Crippen molar-refractivity contribution >= 4 is 12.0 Å². The van der Waals surface area contributed by atoms with E-state index in [9.17, 15) is 9.59 Å². The topological polar surface area (TPSA) is 84.7 Å². The van der Waals surface area contributed by atoms with Crippen molar-refractivity contribution in [2.24, 2.45) is 17.6 Å². The number of amides is 2. The number of rotatable bonds is 4. The van der Waals surface area contributed by atoms with Crippen molar-refractivity contribution in [3.8, 4) is 0 Å². The van der Waals surface area contributed by atoms with Crippen molar-refractivity contribution in [1.29, 1.82) is 0 Å². The molecule has 2 atom stereocenters. The molecule has 3 N–H and O–H groups in total. The molecule has 0 aliphatic carbocycles. The molecule has 1 saturated heterocycles. The molecule has 0 aromatic heterocycles. The highest BCUT2D eigenvalue weighted by atomic mass is 16.6. The van der Waals surface area contributed by atoms with Gasteiger partial charge in [0.25, 0.3) is 0 Å². The molecular weight excluding hydrogens is 270 g/mol. The van der Waals surface area contributed by atoms with Crippen LogP contribution in [0.2, 0.25) is 0 Å². The maximum Gasteiger partial charge on any atom is 0.407 e. The summed E-state index contributed by atoms with van der Waals surface area (Å²) in [5.41, 5.74) is 5.40. The lowest BCUT2D eigenvalue weighted by atomic mass is 10.0. The zero-order chi connectivity index (χ0) is 16.2. The quantitative estimate of drug-likeness (QED) is 0.820. The SMILES string of the molecule is CC(C)C(N)C(=O)N1CCC(CNC(=O)OC(C)(C)C)C1. The number of hydrogen-bond donors (Lipinski definition) is 2. The Morgan fingerprint density at radius 2 is 2.00 bits per heavy atom. The van der Waals surface area contributed by atoms with Crippen LogP contribution in [0.3, 0.4) is 0 Å². The number of nitrogens with two attached hydrogens (primary N) is 1. The number of likely N-dealkylation sites (tertiary alicyclic amines) is 1. The van der Waals surface area contributed by atoms with Gasteiger partial charge in [-0.3, -0.25) is 4.79 Å². The zero-order valence-electron chi connectivity index (χ0n) is 13.8. The molecule has 0 spiro atoms. The van der Waals surface area contributed by atoms with Gasteiger partial charge in [-0.15, -0.1) is 0 Å². The summed E-state index contributed by atoms with van der Waals surface area (Å²) in [4.78, 5) is 25.5. The summed E-state index contributed by atoms with van der Waals surface area (Å²) in [7, 11) is 0. The first kappa shape index (κ1) is 17.8. The van der Waals surface area contributed by atoms with E-state index in [0.29, 0.717) is 19.6 Å². The van der Waals surface area contributed by atoms with E-state index in [4.69, 9.17) is 10.5 Å². The highest BCUT2D eigenvalue weighted by Crippen LogP contribution is 2.17. The second-order valence-corrected chi connectivity index (χ2v) is 7.09. The standard InChI is InChI=1S/C15H29N3O3/c1-10(2)12(16)13(19)18-7-6-11(9-18)8-17-14(20)21-15(3,4)5/h10-12H,6-9,16H2,1-5H3,(H,17,20). The first-order valence-corrected chi connectivity index (χ1v) is 7.61. The van der Waals surface area contributed by atoms with E-state index in [2.05, 4.69) is 5.32 Å². The van der Waals surface area contributed by atoms with Crippen LogP contribution in [0.1, 0.15) is 41.0 Å². The number of carbonyl (C=O) groups is 2. The summed E-state index contributed by atoms with van der Waals surface area (Å²) < 4.78 is 5.19. The molecule has 2 unspecified atom stereocenters. The maximum atomic E-state index is 12.1. The minimum Gasteiger partial charge on any atom is -0.444 e. The van der Waals surface area contributed by atoms with Gasteiger partial charge in [0, 0.05) is 19.6 Å². The van der Waals surface area contributed by atoms with E-state index in [1.54, 1.807) is 4.90 Å². The third-order valence-corrected chi connectivity index (χ3v) is 3.53. The Morgan fingerprint density at radius 3 is 2.52 bits per heavy atom. The number of nitrogens with one attached hydrogen (secondary N) is 1. The summed E-state index contributed by atoms with van der Waals surface area (Å²) in [6.45, 7) is 11.3. The first-order chi connectivity index (χ1) is 9.60. The molecule has 0 bridgehead atoms. The Morgan fingerprint density at radius 1 is 1.38 bits per heavy atom. The number of hydrogen-bond acceptors (Lipinski definition) is 4. The van der Waals surface area contributed by atoms with Gasteiger partial charge in [-0.25, -0.2) is 4.79 Å². The molecule has 1 rings (SSSR count). The van der Waals surface area contributed by atoms with Crippen LogP contribution in [-0.4, -0.2) is 48.2 Å². The van der Waals surface area contributed by atoms with Gasteiger partial charge in [-0.1, -0.05) is 13.8 Å². The summed E-state index contributed by atoms with van der Waals surface area (Å²) >= 11 is 0. The predicted molar refractivity (Wildman–Crippen MR) is 81.7 cm³/mol. The molecule has 0 aromatic carbocycles. The average molecular weight is 299 g/mol. The van der Waals surface area contributed by atoms with E-state index in [1.165, 1.54) is 0 Å². The van der Waals surface area contributed by atoms with Crippen molar-refractivity contribution < 1.29 is 14.3 Å². The molecule has 6 nitrogen and oxygen atoms in total. The van der Waals surface area contributed by atoms with Crippen molar-refractivity contribution in [1.82, 2.24) is 10.2 Å². The molecule has 122 valence electrons. The van der Waals surface area contributed by atoms with E-state index in [1.807, 2.05) is 34.6 Å². The lowest BCUT2D eigenvalue weighted by Gasteiger charge is -2.23. The number of nitrogens with zero attached hydrogens (tertiary/aromatic N) is 1. The van der Waals surface area contributed by atoms with E-state index in [0.717, 1.165) is 6.42 Å². The molecule has 0 aromatic rings. The van der Waals surface area contributed by atoms with Crippen molar-refractivity contribution in [2.45, 2.75) is 52.7 Å². The minimum atomic E-state index is -0.494. The maximum absolute atomic E-state index is 12.1. The highest BCUT2D eigenvalue weighted by Gasteiger charge is 2.30. The van der Waals surface area contributed by atoms with Crippen molar-refractivity contribution in [3.63, 3.8) is 0 Å². The predicted octanol–water partition coefficient (Wildman–Crippen LogP) is 1.34. The fraction of sp³-hybridized carbons (Fsp3) is 0.867. The summed E-state index contributed by atoms with van der Waals surface area (Å²) in [6.07, 6.45) is 0.470. The Kier molecular flexibility index (Phi) is 6.01. The lowest BCUT2D eigenvalue weighted by molar-refractivity contribution is -0.132. The van der Waals surface area contributed by atoms with Crippen LogP contribution in [-0.2, 0) is 9.53 Å². The Bertz CT molecular complexity index is 377. The highest BCUT2D eigenvalue weighted by molar-refractivity contribution is 5.82. The minimum absolute atomic E-state index is 0.00441. The molecule has 2 amide bonds. The first-order valence-electron chi connectivity index (χ1n) is 7.61. The second-order valence-electron chi connectivity index (χ2n) is 7.09. The van der Waals surface area contributed by atoms with Gasteiger partial charge >= 0.3 is 6.09 Å². The van der Waals surface area contributed by atoms with Crippen LogP contribution in [0.15, 0.2) is 0 Å². The van der Waals surface area contributed by atoms with Crippen LogP contribution >= 0.6 is 0 Å². The molecule has 6 heteroatoms. The van der Waals surface area contributed by atoms with Crippen molar-refractivity contribution in [2.75, 3.05) is 19.6 Å². The van der Waals surface area contributed by atoms with Gasteiger partial charge in [0.15, 0.2) is 0 Å². The third-order valence-electron chi connectivity index (χ3n) is 3.53. The second kappa shape index (κ2) is 7.11.